The second-order valence-electron chi connectivity index (χ2n) is 6.00. The number of thiazole rings is 1. The van der Waals surface area contributed by atoms with Crippen LogP contribution in [0.1, 0.15) is 17.8 Å². The van der Waals surface area contributed by atoms with Gasteiger partial charge in [0.1, 0.15) is 10.5 Å². The first-order valence-electron chi connectivity index (χ1n) is 7.53. The van der Waals surface area contributed by atoms with Crippen LogP contribution in [0.15, 0.2) is 35.7 Å². The highest BCUT2D eigenvalue weighted by atomic mass is 32.1. The Hall–Kier alpha value is -2.21. The van der Waals surface area contributed by atoms with Crippen LogP contribution in [-0.2, 0) is 16.0 Å². The van der Waals surface area contributed by atoms with Crippen molar-refractivity contribution in [2.24, 2.45) is 0 Å². The first-order valence-corrected chi connectivity index (χ1v) is 8.41. The summed E-state index contributed by atoms with van der Waals surface area (Å²) < 4.78 is 0. The van der Waals surface area contributed by atoms with E-state index in [0.29, 0.717) is 12.8 Å². The molecule has 1 aromatic carbocycles. The molecule has 0 spiro atoms. The summed E-state index contributed by atoms with van der Waals surface area (Å²) in [5.41, 5.74) is 1.24. The molecule has 1 saturated carbocycles. The summed E-state index contributed by atoms with van der Waals surface area (Å²) in [6.45, 7) is 0. The molecule has 0 radical (unpaired) electrons. The van der Waals surface area contributed by atoms with Gasteiger partial charge >= 0.3 is 0 Å². The quantitative estimate of drug-likeness (QED) is 0.914. The van der Waals surface area contributed by atoms with E-state index < -0.39 is 5.54 Å². The number of nitrogens with one attached hydrogen (secondary N) is 1. The Morgan fingerprint density at radius 3 is 2.57 bits per heavy atom. The molecule has 0 aliphatic heterocycles. The average Bonchev–Trinajstić information content (AvgIpc) is 3.16. The molecule has 2 amide bonds. The number of aromatic nitrogens is 1. The van der Waals surface area contributed by atoms with Gasteiger partial charge in [-0.15, -0.1) is 11.3 Å². The second-order valence-corrected chi connectivity index (χ2v) is 6.94. The molecular formula is C17H19N3O2S. The van der Waals surface area contributed by atoms with E-state index in [2.05, 4.69) is 10.3 Å². The highest BCUT2D eigenvalue weighted by Gasteiger charge is 2.51. The standard InChI is InChI=1S/C17H19N3O2S/c1-20(2)16(22)17(8-9-17)19-14(21)10-15-18-13(11-23-15)12-6-4-3-5-7-12/h3-7,11H,8-10H2,1-2H3,(H,19,21). The summed E-state index contributed by atoms with van der Waals surface area (Å²) in [5.74, 6) is -0.179. The van der Waals surface area contributed by atoms with Crippen LogP contribution >= 0.6 is 11.3 Å². The molecule has 120 valence electrons. The van der Waals surface area contributed by atoms with Crippen molar-refractivity contribution in [1.82, 2.24) is 15.2 Å². The minimum absolute atomic E-state index is 0.0324. The van der Waals surface area contributed by atoms with E-state index in [4.69, 9.17) is 0 Å². The van der Waals surface area contributed by atoms with Gasteiger partial charge in [0.15, 0.2) is 0 Å². The van der Waals surface area contributed by atoms with Gasteiger partial charge in [0, 0.05) is 25.0 Å². The summed E-state index contributed by atoms with van der Waals surface area (Å²) in [6, 6.07) is 9.87. The highest BCUT2D eigenvalue weighted by Crippen LogP contribution is 2.37. The Kier molecular flexibility index (Phi) is 4.17. The molecule has 5 nitrogen and oxygen atoms in total. The fourth-order valence-corrected chi connectivity index (χ4v) is 3.33. The Morgan fingerprint density at radius 1 is 1.26 bits per heavy atom. The maximum absolute atomic E-state index is 12.2. The monoisotopic (exact) mass is 329 g/mol. The van der Waals surface area contributed by atoms with Gasteiger partial charge in [0.25, 0.3) is 0 Å². The molecule has 1 aliphatic rings. The van der Waals surface area contributed by atoms with Crippen LogP contribution < -0.4 is 5.32 Å². The fraction of sp³-hybridized carbons (Fsp3) is 0.353. The van der Waals surface area contributed by atoms with Gasteiger partial charge in [-0.1, -0.05) is 30.3 Å². The lowest BCUT2D eigenvalue weighted by molar-refractivity contribution is -0.135. The number of amides is 2. The number of carbonyl (C=O) groups excluding carboxylic acids is 2. The summed E-state index contributed by atoms with van der Waals surface area (Å²) in [6.07, 6.45) is 1.63. The Balaban J connectivity index is 1.63. The topological polar surface area (TPSA) is 62.3 Å². The summed E-state index contributed by atoms with van der Waals surface area (Å²) in [4.78, 5) is 30.4. The predicted molar refractivity (Wildman–Crippen MR) is 90.1 cm³/mol. The number of benzene rings is 1. The summed E-state index contributed by atoms with van der Waals surface area (Å²) >= 11 is 1.47. The number of carbonyl (C=O) groups is 2. The molecule has 1 aromatic heterocycles. The van der Waals surface area contributed by atoms with Gasteiger partial charge < -0.3 is 10.2 Å². The first kappa shape index (κ1) is 15.7. The van der Waals surface area contributed by atoms with E-state index in [-0.39, 0.29) is 18.2 Å². The molecule has 0 bridgehead atoms. The third kappa shape index (κ3) is 3.42. The zero-order chi connectivity index (χ0) is 16.4. The molecule has 1 N–H and O–H groups in total. The van der Waals surface area contributed by atoms with E-state index in [1.54, 1.807) is 14.1 Å². The number of likely N-dealkylation sites (N-methyl/N-ethyl adjacent to an activating group) is 1. The Morgan fingerprint density at radius 2 is 1.96 bits per heavy atom. The van der Waals surface area contributed by atoms with Crippen LogP contribution in [0.25, 0.3) is 11.3 Å². The minimum Gasteiger partial charge on any atom is -0.347 e. The molecule has 1 aliphatic carbocycles. The van der Waals surface area contributed by atoms with Crippen molar-refractivity contribution in [1.29, 1.82) is 0 Å². The summed E-state index contributed by atoms with van der Waals surface area (Å²) in [5, 5.41) is 5.60. The van der Waals surface area contributed by atoms with Crippen LogP contribution in [0, 0.1) is 0 Å². The lowest BCUT2D eigenvalue weighted by atomic mass is 10.2. The first-order chi connectivity index (χ1) is 11.0. The lowest BCUT2D eigenvalue weighted by Crippen LogP contribution is -2.48. The number of hydrogen-bond donors (Lipinski definition) is 1. The normalized spacial score (nSPS) is 15.0. The smallest absolute Gasteiger partial charge is 0.247 e. The van der Waals surface area contributed by atoms with Gasteiger partial charge in [-0.2, -0.15) is 0 Å². The van der Waals surface area contributed by atoms with Crippen molar-refractivity contribution >= 4 is 23.2 Å². The van der Waals surface area contributed by atoms with E-state index >= 15 is 0 Å². The molecule has 3 rings (SSSR count). The maximum Gasteiger partial charge on any atom is 0.247 e. The molecule has 6 heteroatoms. The van der Waals surface area contributed by atoms with Crippen LogP contribution in [0.2, 0.25) is 0 Å². The number of rotatable bonds is 5. The van der Waals surface area contributed by atoms with Crippen LogP contribution in [0.5, 0.6) is 0 Å². The van der Waals surface area contributed by atoms with Gasteiger partial charge in [0.2, 0.25) is 11.8 Å². The second kappa shape index (κ2) is 6.12. The van der Waals surface area contributed by atoms with Crippen molar-refractivity contribution in [3.05, 3.63) is 40.7 Å². The van der Waals surface area contributed by atoms with Crippen LogP contribution in [-0.4, -0.2) is 41.3 Å². The van der Waals surface area contributed by atoms with Gasteiger partial charge in [-0.05, 0) is 12.8 Å². The maximum atomic E-state index is 12.2. The van der Waals surface area contributed by atoms with Crippen molar-refractivity contribution in [3.8, 4) is 11.3 Å². The fourth-order valence-electron chi connectivity index (χ4n) is 2.53. The number of hydrogen-bond acceptors (Lipinski definition) is 4. The molecule has 0 atom stereocenters. The minimum atomic E-state index is -0.680. The highest BCUT2D eigenvalue weighted by molar-refractivity contribution is 7.10. The van der Waals surface area contributed by atoms with Crippen LogP contribution in [0.3, 0.4) is 0 Å². The van der Waals surface area contributed by atoms with E-state index in [1.165, 1.54) is 16.2 Å². The molecule has 2 aromatic rings. The lowest BCUT2D eigenvalue weighted by Gasteiger charge is -2.20. The van der Waals surface area contributed by atoms with E-state index in [0.717, 1.165) is 16.3 Å². The van der Waals surface area contributed by atoms with Crippen molar-refractivity contribution < 1.29 is 9.59 Å². The molecule has 23 heavy (non-hydrogen) atoms. The molecule has 1 fully saturated rings. The third-order valence-corrected chi connectivity index (χ3v) is 4.73. The van der Waals surface area contributed by atoms with Gasteiger partial charge in [-0.3, -0.25) is 9.59 Å². The van der Waals surface area contributed by atoms with Crippen molar-refractivity contribution in [3.63, 3.8) is 0 Å². The predicted octanol–water partition coefficient (Wildman–Crippen LogP) is 2.09. The molecular weight excluding hydrogens is 310 g/mol. The molecule has 1 heterocycles. The molecule has 0 unspecified atom stereocenters. The van der Waals surface area contributed by atoms with Gasteiger partial charge in [0.05, 0.1) is 12.1 Å². The van der Waals surface area contributed by atoms with Crippen LogP contribution in [0.4, 0.5) is 0 Å². The summed E-state index contributed by atoms with van der Waals surface area (Å²) in [7, 11) is 3.42. The molecule has 0 saturated heterocycles. The largest absolute Gasteiger partial charge is 0.347 e. The SMILES string of the molecule is CN(C)C(=O)C1(NC(=O)Cc2nc(-c3ccccc3)cs2)CC1. The van der Waals surface area contributed by atoms with Crippen molar-refractivity contribution in [2.75, 3.05) is 14.1 Å². The zero-order valence-electron chi connectivity index (χ0n) is 13.2. The zero-order valence-corrected chi connectivity index (χ0v) is 14.0. The number of nitrogens with zero attached hydrogens (tertiary/aromatic N) is 2. The van der Waals surface area contributed by atoms with Crippen molar-refractivity contribution in [2.45, 2.75) is 24.8 Å². The average molecular weight is 329 g/mol. The Bertz CT molecular complexity index is 720. The van der Waals surface area contributed by atoms with E-state index in [9.17, 15) is 9.59 Å². The van der Waals surface area contributed by atoms with Gasteiger partial charge in [-0.25, -0.2) is 4.98 Å². The Labute approximate surface area is 139 Å². The van der Waals surface area contributed by atoms with E-state index in [1.807, 2.05) is 35.7 Å². The third-order valence-electron chi connectivity index (χ3n) is 3.88.